The first-order chi connectivity index (χ1) is 1.91. The molecule has 0 saturated carbocycles. The van der Waals surface area contributed by atoms with Gasteiger partial charge in [-0.15, -0.1) is 0 Å². The summed E-state index contributed by atoms with van der Waals surface area (Å²) in [4.78, 5) is 0. The SMILES string of the molecule is [Si][Si][Si][Si].[Zr+2]. The Bertz CT molecular complexity index is 5.61. The molecule has 5 heteroatoms. The van der Waals surface area contributed by atoms with E-state index in [0.717, 1.165) is 17.1 Å². The van der Waals surface area contributed by atoms with Gasteiger partial charge in [0.05, 0.1) is 0 Å². The van der Waals surface area contributed by atoms with Gasteiger partial charge >= 0.3 is 26.2 Å². The molecule has 18 valence electrons. The molecule has 0 aliphatic carbocycles. The molecule has 0 unspecified atom stereocenters. The van der Waals surface area contributed by atoms with E-state index in [2.05, 4.69) is 19.5 Å². The van der Waals surface area contributed by atoms with Crippen molar-refractivity contribution < 1.29 is 26.2 Å². The summed E-state index contributed by atoms with van der Waals surface area (Å²) in [5.41, 5.74) is 0. The van der Waals surface area contributed by atoms with E-state index >= 15 is 0 Å². The molecule has 0 saturated heterocycles. The summed E-state index contributed by atoms with van der Waals surface area (Å²) in [6.45, 7) is 0. The molecule has 0 spiro atoms. The summed E-state index contributed by atoms with van der Waals surface area (Å²) in [6, 6.07) is 0. The summed E-state index contributed by atoms with van der Waals surface area (Å²) < 4.78 is 0. The van der Waals surface area contributed by atoms with E-state index in [1.54, 1.807) is 0 Å². The van der Waals surface area contributed by atoms with Crippen molar-refractivity contribution in [1.82, 2.24) is 0 Å². The standard InChI is InChI=1S/Si4.Zr/c1-3-4-2;/q;+2. The molecule has 0 aromatic carbocycles. The Balaban J connectivity index is 0. The Labute approximate surface area is 62.5 Å². The Kier molecular flexibility index (Phi) is 18.3. The van der Waals surface area contributed by atoms with Crippen LogP contribution in [-0.2, 0) is 26.2 Å². The molecule has 0 aliphatic heterocycles. The maximum atomic E-state index is 3.28. The zero-order chi connectivity index (χ0) is 3.41. The zero-order valence-corrected chi connectivity index (χ0v) is 8.96. The average Bonchev–Trinajstić information content (AvgIpc) is 1.37. The van der Waals surface area contributed by atoms with Gasteiger partial charge in [-0.05, 0) is 0 Å². The van der Waals surface area contributed by atoms with Crippen LogP contribution < -0.4 is 0 Å². The summed E-state index contributed by atoms with van der Waals surface area (Å²) >= 11 is 0. The van der Waals surface area contributed by atoms with Crippen LogP contribution in [-0.4, -0.2) is 36.6 Å². The summed E-state index contributed by atoms with van der Waals surface area (Å²) in [5.74, 6) is 0. The Morgan fingerprint density at radius 3 is 1.20 bits per heavy atom. The fourth-order valence-electron chi connectivity index (χ4n) is 0. The van der Waals surface area contributed by atoms with Crippen molar-refractivity contribution in [3.63, 3.8) is 0 Å². The van der Waals surface area contributed by atoms with Crippen LogP contribution in [0.1, 0.15) is 0 Å². The zero-order valence-electron chi connectivity index (χ0n) is 2.50. The first kappa shape index (κ1) is 9.89. The predicted octanol–water partition coefficient (Wildman–Crippen LogP) is -1.53. The summed E-state index contributed by atoms with van der Waals surface area (Å²) in [5, 5.41) is 0. The Morgan fingerprint density at radius 2 is 1.20 bits per heavy atom. The van der Waals surface area contributed by atoms with Crippen LogP contribution in [0.4, 0.5) is 0 Å². The predicted molar refractivity (Wildman–Crippen MR) is 23.0 cm³/mol. The van der Waals surface area contributed by atoms with Gasteiger partial charge in [-0.3, -0.25) is 0 Å². The van der Waals surface area contributed by atoms with Crippen LogP contribution in [0.3, 0.4) is 0 Å². The van der Waals surface area contributed by atoms with E-state index in [9.17, 15) is 0 Å². The summed E-state index contributed by atoms with van der Waals surface area (Å²) in [6.07, 6.45) is 0. The van der Waals surface area contributed by atoms with E-state index in [1.807, 2.05) is 0 Å². The molecule has 0 rings (SSSR count). The molecule has 0 aromatic rings. The van der Waals surface area contributed by atoms with Crippen LogP contribution in [0.25, 0.3) is 0 Å². The minimum absolute atomic E-state index is 0. The molecule has 0 aliphatic rings. The van der Waals surface area contributed by atoms with Gasteiger partial charge in [0, 0.05) is 36.6 Å². The van der Waals surface area contributed by atoms with Crippen molar-refractivity contribution >= 4 is 36.6 Å². The second-order valence-corrected chi connectivity index (χ2v) is 6.75. The van der Waals surface area contributed by atoms with Gasteiger partial charge in [0.2, 0.25) is 0 Å². The van der Waals surface area contributed by atoms with Crippen molar-refractivity contribution in [3.05, 3.63) is 0 Å². The Morgan fingerprint density at radius 1 is 1.00 bits per heavy atom. The van der Waals surface area contributed by atoms with Crippen LogP contribution in [0.5, 0.6) is 0 Å². The van der Waals surface area contributed by atoms with Gasteiger partial charge in [0.1, 0.15) is 0 Å². The van der Waals surface area contributed by atoms with Crippen molar-refractivity contribution in [2.24, 2.45) is 0 Å². The van der Waals surface area contributed by atoms with Crippen molar-refractivity contribution in [2.75, 3.05) is 0 Å². The minimum atomic E-state index is 0. The molecule has 0 nitrogen and oxygen atoms in total. The Hall–Kier alpha value is 1.75. The smallest absolute Gasteiger partial charge is 0 e. The van der Waals surface area contributed by atoms with Crippen LogP contribution in [0.15, 0.2) is 0 Å². The molecular formula is Si4Zr+2. The number of hydrogen-bond acceptors (Lipinski definition) is 0. The van der Waals surface area contributed by atoms with Gasteiger partial charge in [0.25, 0.3) is 0 Å². The molecule has 0 atom stereocenters. The van der Waals surface area contributed by atoms with E-state index in [0.29, 0.717) is 0 Å². The van der Waals surface area contributed by atoms with E-state index in [1.165, 1.54) is 0 Å². The molecule has 10 radical (unpaired) electrons. The quantitative estimate of drug-likeness (QED) is 0.454. The van der Waals surface area contributed by atoms with E-state index < -0.39 is 0 Å². The van der Waals surface area contributed by atoms with Gasteiger partial charge < -0.3 is 0 Å². The molecule has 0 fully saturated rings. The molecule has 0 amide bonds. The monoisotopic (exact) mass is 202 g/mol. The third-order valence-corrected chi connectivity index (χ3v) is 5.06. The van der Waals surface area contributed by atoms with Crippen molar-refractivity contribution in [1.29, 1.82) is 0 Å². The molecular weight excluding hydrogens is 204 g/mol. The third-order valence-electron chi connectivity index (χ3n) is 0.0625. The third kappa shape index (κ3) is 10.7. The van der Waals surface area contributed by atoms with Crippen molar-refractivity contribution in [2.45, 2.75) is 0 Å². The maximum Gasteiger partial charge on any atom is 2.00 e. The maximum absolute atomic E-state index is 3.28. The minimum Gasteiger partial charge on any atom is 0 e. The normalized spacial score (nSPS) is 6.00. The van der Waals surface area contributed by atoms with E-state index in [-0.39, 0.29) is 26.2 Å². The van der Waals surface area contributed by atoms with Gasteiger partial charge in [-0.1, -0.05) is 0 Å². The van der Waals surface area contributed by atoms with Crippen LogP contribution in [0.2, 0.25) is 0 Å². The summed E-state index contributed by atoms with van der Waals surface area (Å²) in [7, 11) is 8.33. The fraction of sp³-hybridized carbons (Fsp3) is 0. The second kappa shape index (κ2) is 9.23. The van der Waals surface area contributed by atoms with Crippen molar-refractivity contribution in [3.8, 4) is 0 Å². The number of hydrogen-bond donors (Lipinski definition) is 0. The molecule has 0 aromatic heterocycles. The topological polar surface area (TPSA) is 0 Å². The first-order valence-electron chi connectivity index (χ1n) is 0.750. The fourth-order valence-corrected chi connectivity index (χ4v) is 0. The van der Waals surface area contributed by atoms with E-state index in [4.69, 9.17) is 0 Å². The molecule has 5 heavy (non-hydrogen) atoms. The first-order valence-corrected chi connectivity index (χ1v) is 6.75. The van der Waals surface area contributed by atoms with Gasteiger partial charge in [-0.2, -0.15) is 0 Å². The molecule has 0 N–H and O–H groups in total. The number of rotatable bonds is 1. The van der Waals surface area contributed by atoms with Crippen LogP contribution >= 0.6 is 0 Å². The second-order valence-electron chi connectivity index (χ2n) is 0.250. The van der Waals surface area contributed by atoms with Crippen LogP contribution in [0, 0.1) is 0 Å². The molecule has 0 heterocycles. The van der Waals surface area contributed by atoms with Gasteiger partial charge in [-0.25, -0.2) is 0 Å². The molecule has 0 bridgehead atoms. The average molecular weight is 204 g/mol. The largest absolute Gasteiger partial charge is 2.00 e. The van der Waals surface area contributed by atoms with Gasteiger partial charge in [0.15, 0.2) is 0 Å².